The van der Waals surface area contributed by atoms with Gasteiger partial charge in [0.25, 0.3) is 5.56 Å². The first kappa shape index (κ1) is 30.8. The fourth-order valence-corrected chi connectivity index (χ4v) is 7.08. The zero-order valence-electron chi connectivity index (χ0n) is 26.4. The van der Waals surface area contributed by atoms with Gasteiger partial charge in [-0.15, -0.1) is 0 Å². The lowest BCUT2D eigenvalue weighted by molar-refractivity contribution is -0.116. The van der Waals surface area contributed by atoms with E-state index in [9.17, 15) is 33.5 Å². The molecular weight excluding hydrogens is 625 g/mol. The largest absolute Gasteiger partial charge is 0.505 e. The van der Waals surface area contributed by atoms with Gasteiger partial charge in [-0.05, 0) is 24.6 Å². The van der Waals surface area contributed by atoms with E-state index in [2.05, 4.69) is 4.98 Å². The van der Waals surface area contributed by atoms with E-state index < -0.39 is 52.0 Å². The Hall–Kier alpha value is -5.79. The number of aryl methyl sites for hydroxylation is 2. The maximum Gasteiger partial charge on any atom is 0.347 e. The van der Waals surface area contributed by atoms with Crippen LogP contribution in [0.5, 0.6) is 17.2 Å². The predicted octanol–water partition coefficient (Wildman–Crippen LogP) is 2.23. The summed E-state index contributed by atoms with van der Waals surface area (Å²) in [6.07, 6.45) is 2.80. The highest BCUT2D eigenvalue weighted by Gasteiger charge is 2.45. The molecule has 1 aliphatic heterocycles. The molecule has 0 fully saturated rings. The van der Waals surface area contributed by atoms with Crippen LogP contribution < -0.4 is 26.4 Å². The van der Waals surface area contributed by atoms with Gasteiger partial charge in [-0.3, -0.25) is 14.4 Å². The molecule has 48 heavy (non-hydrogen) atoms. The normalized spacial score (nSPS) is 18.7. The number of methoxy groups -OCH3 is 2. The number of ether oxygens (including phenoxy) is 2. The van der Waals surface area contributed by atoms with E-state index in [0.29, 0.717) is 28.1 Å². The Morgan fingerprint density at radius 2 is 1.77 bits per heavy atom. The molecule has 0 radical (unpaired) electrons. The fraction of sp³-hybridized carbons (Fsp3) is 0.294. The molecule has 2 aromatic heterocycles. The highest BCUT2D eigenvalue weighted by Crippen LogP contribution is 2.51. The van der Waals surface area contributed by atoms with Gasteiger partial charge in [0.15, 0.2) is 34.6 Å². The molecule has 0 spiro atoms. The number of para-hydroxylation sites is 1. The Bertz CT molecular complexity index is 2390. The van der Waals surface area contributed by atoms with Gasteiger partial charge in [-0.2, -0.15) is 0 Å². The molecule has 2 aliphatic carbocycles. The molecular formula is C34H30FN5O8. The van der Waals surface area contributed by atoms with E-state index in [1.807, 2.05) is 0 Å². The standard InChI is InChI=1S/C34H30FN5O8/c1-16-12-25(41)19-13-23-17(28(29(19)30(16)42)18-6-5-7-20(35)31(18)43)8-11-39-33(45)38(34(46)40(23)39)10-9-21-32(44)37(2)24-15-27(48-4)26(47-3)14-22(24)36-21/h5-8,12,14-15,23,28,43H,9-11,13H2,1-4H3/t23-,28-/m1/s1. The van der Waals surface area contributed by atoms with Gasteiger partial charge in [0.1, 0.15) is 5.69 Å². The number of aromatic nitrogens is 5. The second-order valence-electron chi connectivity index (χ2n) is 12.0. The summed E-state index contributed by atoms with van der Waals surface area (Å²) in [7, 11) is 4.54. The minimum atomic E-state index is -1.03. The lowest BCUT2D eigenvalue weighted by atomic mass is 9.67. The number of aromatic hydroxyl groups is 1. The summed E-state index contributed by atoms with van der Waals surface area (Å²) in [4.78, 5) is 72.2. The number of fused-ring (bicyclic) bond motifs is 4. The number of carbonyl (C=O) groups is 2. The lowest BCUT2D eigenvalue weighted by Gasteiger charge is -2.39. The Kier molecular flexibility index (Phi) is 7.18. The molecule has 3 heterocycles. The molecule has 246 valence electrons. The van der Waals surface area contributed by atoms with Gasteiger partial charge in [0, 0.05) is 66.8 Å². The van der Waals surface area contributed by atoms with Crippen LogP contribution in [0.25, 0.3) is 11.0 Å². The van der Waals surface area contributed by atoms with E-state index >= 15 is 0 Å². The van der Waals surface area contributed by atoms with Crippen molar-refractivity contribution in [3.8, 4) is 17.2 Å². The first-order valence-electron chi connectivity index (χ1n) is 15.2. The van der Waals surface area contributed by atoms with E-state index in [4.69, 9.17) is 9.47 Å². The molecule has 0 unspecified atom stereocenters. The van der Waals surface area contributed by atoms with Crippen molar-refractivity contribution in [2.24, 2.45) is 7.05 Å². The maximum atomic E-state index is 14.6. The third-order valence-electron chi connectivity index (χ3n) is 9.46. The number of nitrogens with zero attached hydrogens (tertiary/aromatic N) is 5. The molecule has 0 amide bonds. The summed E-state index contributed by atoms with van der Waals surface area (Å²) >= 11 is 0. The smallest absolute Gasteiger partial charge is 0.347 e. The molecule has 7 rings (SSSR count). The Balaban J connectivity index is 1.30. The summed E-state index contributed by atoms with van der Waals surface area (Å²) in [5.74, 6) is -2.61. The second-order valence-corrected chi connectivity index (χ2v) is 12.0. The minimum absolute atomic E-state index is 0.0484. The highest BCUT2D eigenvalue weighted by atomic mass is 19.1. The van der Waals surface area contributed by atoms with E-state index in [1.165, 1.54) is 53.3 Å². The van der Waals surface area contributed by atoms with Crippen LogP contribution in [0.3, 0.4) is 0 Å². The molecule has 2 aromatic carbocycles. The molecule has 0 saturated heterocycles. The zero-order valence-corrected chi connectivity index (χ0v) is 26.4. The average molecular weight is 656 g/mol. The van der Waals surface area contributed by atoms with E-state index in [-0.39, 0.29) is 53.9 Å². The van der Waals surface area contributed by atoms with Gasteiger partial charge in [-0.25, -0.2) is 32.9 Å². The second kappa shape index (κ2) is 11.2. The monoisotopic (exact) mass is 655 g/mol. The van der Waals surface area contributed by atoms with Gasteiger partial charge in [0.2, 0.25) is 0 Å². The third-order valence-corrected chi connectivity index (χ3v) is 9.46. The van der Waals surface area contributed by atoms with Gasteiger partial charge < -0.3 is 19.1 Å². The number of phenols is 1. The topological polar surface area (TPSA) is 157 Å². The fourth-order valence-electron chi connectivity index (χ4n) is 7.08. The van der Waals surface area contributed by atoms with Gasteiger partial charge in [0.05, 0.1) is 37.8 Å². The van der Waals surface area contributed by atoms with Crippen LogP contribution in [-0.2, 0) is 36.1 Å². The number of allylic oxidation sites excluding steroid dienone is 6. The Morgan fingerprint density at radius 3 is 2.50 bits per heavy atom. The number of Topliss-reactive ketones (excluding diaryl/α,β-unsaturated/α-hetero) is 1. The number of ketones is 2. The number of halogens is 1. The zero-order chi connectivity index (χ0) is 34.2. The summed E-state index contributed by atoms with van der Waals surface area (Å²) in [5, 5.41) is 10.8. The number of carbonyl (C=O) groups excluding carboxylic acids is 2. The van der Waals surface area contributed by atoms with Crippen LogP contribution in [0, 0.1) is 5.82 Å². The van der Waals surface area contributed by atoms with Crippen molar-refractivity contribution in [3.63, 3.8) is 0 Å². The first-order chi connectivity index (χ1) is 23.0. The van der Waals surface area contributed by atoms with Crippen molar-refractivity contribution >= 4 is 22.6 Å². The van der Waals surface area contributed by atoms with Crippen LogP contribution in [0.1, 0.15) is 36.6 Å². The van der Waals surface area contributed by atoms with Gasteiger partial charge in [-0.1, -0.05) is 18.2 Å². The molecule has 4 aromatic rings. The predicted molar refractivity (Wildman–Crippen MR) is 170 cm³/mol. The van der Waals surface area contributed by atoms with E-state index in [1.54, 1.807) is 25.3 Å². The summed E-state index contributed by atoms with van der Waals surface area (Å²) < 4.78 is 30.3. The first-order valence-corrected chi connectivity index (χ1v) is 15.2. The molecule has 0 saturated carbocycles. The number of hydrogen-bond donors (Lipinski definition) is 1. The Morgan fingerprint density at radius 1 is 1.04 bits per heavy atom. The van der Waals surface area contributed by atoms with Crippen molar-refractivity contribution < 1.29 is 28.6 Å². The lowest BCUT2D eigenvalue weighted by Crippen LogP contribution is -2.41. The number of benzene rings is 2. The molecule has 1 N–H and O–H groups in total. The minimum Gasteiger partial charge on any atom is -0.505 e. The van der Waals surface area contributed by atoms with Crippen LogP contribution in [-0.4, -0.2) is 54.4 Å². The number of hydrogen-bond acceptors (Lipinski definition) is 9. The molecule has 14 heteroatoms. The number of rotatable bonds is 6. The highest BCUT2D eigenvalue weighted by molar-refractivity contribution is 6.23. The van der Waals surface area contributed by atoms with Gasteiger partial charge >= 0.3 is 11.4 Å². The summed E-state index contributed by atoms with van der Waals surface area (Å²) in [6.45, 7) is 1.28. The quantitative estimate of drug-likeness (QED) is 0.243. The molecule has 13 nitrogen and oxygen atoms in total. The number of phenolic OH excluding ortho intramolecular Hbond substituents is 1. The van der Waals surface area contributed by atoms with Crippen molar-refractivity contribution in [1.82, 2.24) is 23.5 Å². The third kappa shape index (κ3) is 4.42. The van der Waals surface area contributed by atoms with Crippen molar-refractivity contribution in [2.45, 2.75) is 44.8 Å². The molecule has 3 aliphatic rings. The van der Waals surface area contributed by atoms with Crippen molar-refractivity contribution in [1.29, 1.82) is 0 Å². The van der Waals surface area contributed by atoms with E-state index in [0.717, 1.165) is 10.6 Å². The van der Waals surface area contributed by atoms with Crippen LogP contribution in [0.4, 0.5) is 4.39 Å². The Labute approximate surface area is 271 Å². The molecule has 2 atom stereocenters. The van der Waals surface area contributed by atoms with Crippen LogP contribution in [0.15, 0.2) is 79.2 Å². The average Bonchev–Trinajstić information content (AvgIpc) is 3.32. The summed E-state index contributed by atoms with van der Waals surface area (Å²) in [5.41, 5.74) is 0.374. The SMILES string of the molecule is COc1cc2nc(CCn3c(=O)n4n(c3=O)[C@@H]3CC5=C(C(=O)C(C)=CC5=O)[C@@H](c5cccc(F)c5O)C3=CC4)c(=O)n(C)c2cc1OC. The van der Waals surface area contributed by atoms with Crippen LogP contribution >= 0.6 is 0 Å². The van der Waals surface area contributed by atoms with Crippen LogP contribution in [0.2, 0.25) is 0 Å². The summed E-state index contributed by atoms with van der Waals surface area (Å²) in [6, 6.07) is 6.33. The van der Waals surface area contributed by atoms with Crippen molar-refractivity contribution in [3.05, 3.63) is 113 Å². The maximum absolute atomic E-state index is 14.6. The van der Waals surface area contributed by atoms with Crippen molar-refractivity contribution in [2.75, 3.05) is 14.2 Å². The molecule has 0 bridgehead atoms.